The van der Waals surface area contributed by atoms with Crippen LogP contribution in [0.4, 0.5) is 23.3 Å². The predicted octanol–water partition coefficient (Wildman–Crippen LogP) is 4.56. The Bertz CT molecular complexity index is 3200. The Morgan fingerprint density at radius 3 is 1.85 bits per heavy atom. The van der Waals surface area contributed by atoms with Crippen molar-refractivity contribution in [3.63, 3.8) is 0 Å². The van der Waals surface area contributed by atoms with Crippen LogP contribution in [-0.2, 0) is 6.42 Å². The van der Waals surface area contributed by atoms with Crippen LogP contribution in [0.15, 0.2) is 102 Å². The number of nitrogen functional groups attached to an aromatic ring is 2. The van der Waals surface area contributed by atoms with Crippen molar-refractivity contribution < 1.29 is 0 Å². The van der Waals surface area contributed by atoms with E-state index in [4.69, 9.17) is 21.4 Å². The molecule has 0 aliphatic heterocycles. The van der Waals surface area contributed by atoms with Gasteiger partial charge in [0.15, 0.2) is 0 Å². The summed E-state index contributed by atoms with van der Waals surface area (Å²) in [6.45, 7) is 5.51. The quantitative estimate of drug-likeness (QED) is 0.148. The third-order valence-electron chi connectivity index (χ3n) is 9.84. The van der Waals surface area contributed by atoms with Gasteiger partial charge in [0.05, 0.1) is 46.0 Å². The summed E-state index contributed by atoms with van der Waals surface area (Å²) < 4.78 is 2.93. The van der Waals surface area contributed by atoms with E-state index in [1.165, 1.54) is 21.5 Å². The van der Waals surface area contributed by atoms with Gasteiger partial charge in [-0.05, 0) is 86.3 Å². The highest BCUT2D eigenvalue weighted by molar-refractivity contribution is 5.69. The van der Waals surface area contributed by atoms with Crippen molar-refractivity contribution in [3.05, 3.63) is 152 Å². The van der Waals surface area contributed by atoms with E-state index in [-0.39, 0.29) is 56.6 Å². The third kappa shape index (κ3) is 7.12. The second-order valence-electron chi connectivity index (χ2n) is 13.9. The fourth-order valence-electron chi connectivity index (χ4n) is 6.93. The molecule has 0 amide bonds. The molecule has 8 aromatic heterocycles. The summed E-state index contributed by atoms with van der Waals surface area (Å²) in [6.07, 6.45) is 9.48. The van der Waals surface area contributed by atoms with Crippen molar-refractivity contribution in [3.8, 4) is 34.7 Å². The first-order chi connectivity index (χ1) is 29.0. The smallest absolute Gasteiger partial charge is 0.267 e. The monoisotopic (exact) mass is 794 g/mol. The van der Waals surface area contributed by atoms with Crippen LogP contribution in [0.5, 0.6) is 0 Å². The number of hydrogen-bond donors (Lipinski definition) is 4. The second-order valence-corrected chi connectivity index (χ2v) is 13.9. The van der Waals surface area contributed by atoms with E-state index < -0.39 is 12.1 Å². The van der Waals surface area contributed by atoms with Gasteiger partial charge in [-0.3, -0.25) is 28.4 Å². The fraction of sp³-hybridized carbons (Fsp3) is 0.143. The van der Waals surface area contributed by atoms with Gasteiger partial charge >= 0.3 is 0 Å². The van der Waals surface area contributed by atoms with Crippen LogP contribution in [0.3, 0.4) is 0 Å². The minimum atomic E-state index is -0.628. The van der Waals surface area contributed by atoms with Crippen molar-refractivity contribution in [1.29, 1.82) is 10.5 Å². The van der Waals surface area contributed by atoms with Crippen LogP contribution in [0.25, 0.3) is 33.8 Å². The van der Waals surface area contributed by atoms with Crippen LogP contribution in [0.2, 0.25) is 0 Å². The van der Waals surface area contributed by atoms with Crippen LogP contribution in [0, 0.1) is 29.6 Å². The summed E-state index contributed by atoms with van der Waals surface area (Å²) >= 11 is 0. The van der Waals surface area contributed by atoms with Crippen molar-refractivity contribution in [1.82, 2.24) is 48.7 Å². The number of nitrogens with zero attached hydrogens (tertiary/aromatic N) is 12. The maximum absolute atomic E-state index is 14.5. The van der Waals surface area contributed by atoms with Crippen molar-refractivity contribution in [2.45, 2.75) is 39.3 Å². The molecule has 8 heterocycles. The summed E-state index contributed by atoms with van der Waals surface area (Å²) in [6, 6.07) is 19.0. The Morgan fingerprint density at radius 2 is 1.25 bits per heavy atom. The molecule has 8 aromatic rings. The third-order valence-corrected chi connectivity index (χ3v) is 9.84. The average Bonchev–Trinajstić information content (AvgIpc) is 3.24. The van der Waals surface area contributed by atoms with Crippen LogP contribution >= 0.6 is 0 Å². The van der Waals surface area contributed by atoms with E-state index in [1.54, 1.807) is 62.9 Å². The zero-order chi connectivity index (χ0) is 42.1. The molecule has 0 aliphatic rings. The maximum atomic E-state index is 14.5. The predicted molar refractivity (Wildman–Crippen MR) is 223 cm³/mol. The summed E-state index contributed by atoms with van der Waals surface area (Å²) in [4.78, 5) is 63.9. The first kappa shape index (κ1) is 38.2. The lowest BCUT2D eigenvalue weighted by molar-refractivity contribution is 0.819. The number of nitriles is 2. The molecule has 60 heavy (non-hydrogen) atoms. The Hall–Kier alpha value is -8.64. The zero-order valence-electron chi connectivity index (χ0n) is 32.4. The van der Waals surface area contributed by atoms with Gasteiger partial charge in [-0.25, -0.2) is 29.9 Å². The highest BCUT2D eigenvalue weighted by Crippen LogP contribution is 2.30. The molecule has 18 heteroatoms. The molecule has 8 rings (SSSR count). The fourth-order valence-corrected chi connectivity index (χ4v) is 6.93. The molecule has 0 spiro atoms. The Balaban J connectivity index is 1.18. The van der Waals surface area contributed by atoms with E-state index >= 15 is 0 Å². The van der Waals surface area contributed by atoms with E-state index in [0.29, 0.717) is 40.5 Å². The lowest BCUT2D eigenvalue weighted by atomic mass is 10.0. The van der Waals surface area contributed by atoms with Crippen LogP contribution < -0.4 is 33.2 Å². The number of anilines is 4. The van der Waals surface area contributed by atoms with E-state index in [0.717, 1.165) is 16.7 Å². The van der Waals surface area contributed by atoms with E-state index in [1.807, 2.05) is 49.4 Å². The molecular formula is C42H34N16O2. The largest absolute Gasteiger partial charge is 0.382 e. The SMILES string of the molecule is Cc1ccnc(-c2c(C(C)Nc3ncnc(N)c3C#N)nc3ccc(Cc4ccnc(-c5c(C(C)Nc6ncnc(N)c6C#N)nc6ccccn6c5=O)c4)cn3c2=O)c1. The Kier molecular flexibility index (Phi) is 10.0. The van der Waals surface area contributed by atoms with Crippen molar-refractivity contribution >= 4 is 34.6 Å². The number of nitrogens with two attached hydrogens (primary N) is 2. The Labute approximate surface area is 341 Å². The van der Waals surface area contributed by atoms with Gasteiger partial charge in [0.2, 0.25) is 0 Å². The summed E-state index contributed by atoms with van der Waals surface area (Å²) in [5.74, 6) is 0.448. The molecule has 18 nitrogen and oxygen atoms in total. The minimum absolute atomic E-state index is 0.0183. The maximum Gasteiger partial charge on any atom is 0.267 e. The number of aromatic nitrogens is 10. The first-order valence-corrected chi connectivity index (χ1v) is 18.5. The lowest BCUT2D eigenvalue weighted by Gasteiger charge is -2.19. The van der Waals surface area contributed by atoms with Gasteiger partial charge in [0.1, 0.15) is 70.5 Å². The molecule has 2 unspecified atom stereocenters. The molecule has 294 valence electrons. The molecule has 0 saturated heterocycles. The molecule has 0 aliphatic carbocycles. The summed E-state index contributed by atoms with van der Waals surface area (Å²) in [5.41, 5.74) is 16.7. The van der Waals surface area contributed by atoms with Gasteiger partial charge in [0, 0.05) is 24.8 Å². The lowest BCUT2D eigenvalue weighted by Crippen LogP contribution is -2.24. The molecule has 0 saturated carbocycles. The van der Waals surface area contributed by atoms with Gasteiger partial charge in [-0.15, -0.1) is 0 Å². The molecular weight excluding hydrogens is 761 g/mol. The highest BCUT2D eigenvalue weighted by Gasteiger charge is 2.25. The van der Waals surface area contributed by atoms with Crippen molar-refractivity contribution in [2.75, 3.05) is 22.1 Å². The van der Waals surface area contributed by atoms with Gasteiger partial charge in [0.25, 0.3) is 11.1 Å². The molecule has 2 atom stereocenters. The van der Waals surface area contributed by atoms with E-state index in [2.05, 4.69) is 40.5 Å². The number of nitrogens with one attached hydrogen (secondary N) is 2. The molecule has 0 radical (unpaired) electrons. The number of hydrogen-bond acceptors (Lipinski definition) is 16. The van der Waals surface area contributed by atoms with Crippen molar-refractivity contribution in [2.24, 2.45) is 0 Å². The van der Waals surface area contributed by atoms with Gasteiger partial charge in [-0.2, -0.15) is 10.5 Å². The van der Waals surface area contributed by atoms with Crippen LogP contribution in [-0.4, -0.2) is 48.7 Å². The first-order valence-electron chi connectivity index (χ1n) is 18.5. The normalized spacial score (nSPS) is 12.1. The zero-order valence-corrected chi connectivity index (χ0v) is 32.4. The molecule has 0 fully saturated rings. The van der Waals surface area contributed by atoms with Gasteiger partial charge < -0.3 is 22.1 Å². The molecule has 0 aromatic carbocycles. The van der Waals surface area contributed by atoms with Crippen LogP contribution in [0.1, 0.15) is 65.1 Å². The molecule has 0 bridgehead atoms. The number of rotatable bonds is 10. The van der Waals surface area contributed by atoms with E-state index in [9.17, 15) is 20.1 Å². The standard InChI is InChI=1S/C42H34N16O2/c1-22-9-11-47-29(14-22)33-35(23(2)53-39-27(17-43)37(45)49-20-51-39)56-32-8-7-26(19-58(32)42(33)60)15-25-10-12-48-30(16-25)34-36(55-31-6-4-5-13-57(31)41(34)59)24(3)54-40-28(18-44)38(46)50-21-52-40/h4-14,16,19-21,23-24H,15H2,1-3H3,(H3,45,49,51,53)(H3,46,50,52,54). The van der Waals surface area contributed by atoms with Gasteiger partial charge in [-0.1, -0.05) is 12.1 Å². The number of fused-ring (bicyclic) bond motifs is 2. The summed E-state index contributed by atoms with van der Waals surface area (Å²) in [5, 5.41) is 25.8. The molecule has 6 N–H and O–H groups in total. The Morgan fingerprint density at radius 1 is 0.683 bits per heavy atom. The average molecular weight is 795 g/mol. The summed E-state index contributed by atoms with van der Waals surface area (Å²) in [7, 11) is 0. The topological polar surface area (TPSA) is 270 Å². The minimum Gasteiger partial charge on any atom is -0.382 e. The number of aryl methyl sites for hydroxylation is 1. The highest BCUT2D eigenvalue weighted by atomic mass is 16.1. The number of pyridine rings is 4. The second kappa shape index (κ2) is 15.7.